The fraction of sp³-hybridized carbons (Fsp3) is 0.412. The molecule has 1 atom stereocenters. The fourth-order valence-electron chi connectivity index (χ4n) is 2.97. The number of piperidine rings is 1. The standard InChI is InChI=1S/C17H21N5O3/c1-11-9-14(12(2)25-11)16(24)21-20-15(23)13-5-3-8-22(10-13)17-18-6-4-7-19-17/h4,6-7,9,13H,3,5,8,10H2,1-2H3,(H,20,23)(H,21,24). The average Bonchev–Trinajstić information content (AvgIpc) is 2.98. The van der Waals surface area contributed by atoms with Crippen LogP contribution in [0.3, 0.4) is 0 Å². The molecular formula is C17H21N5O3. The molecule has 25 heavy (non-hydrogen) atoms. The van der Waals surface area contributed by atoms with Gasteiger partial charge in [0.25, 0.3) is 5.91 Å². The molecule has 2 N–H and O–H groups in total. The van der Waals surface area contributed by atoms with Gasteiger partial charge in [0, 0.05) is 25.5 Å². The third-order valence-electron chi connectivity index (χ3n) is 4.21. The van der Waals surface area contributed by atoms with Crippen LogP contribution in [0.1, 0.15) is 34.7 Å². The lowest BCUT2D eigenvalue weighted by atomic mass is 9.98. The van der Waals surface area contributed by atoms with E-state index in [1.807, 2.05) is 4.90 Å². The quantitative estimate of drug-likeness (QED) is 0.816. The van der Waals surface area contributed by atoms with Crippen LogP contribution in [0.5, 0.6) is 0 Å². The third kappa shape index (κ3) is 3.96. The first-order chi connectivity index (χ1) is 12.0. The van der Waals surface area contributed by atoms with Gasteiger partial charge in [-0.15, -0.1) is 0 Å². The van der Waals surface area contributed by atoms with E-state index >= 15 is 0 Å². The molecule has 0 aromatic carbocycles. The van der Waals surface area contributed by atoms with E-state index < -0.39 is 0 Å². The van der Waals surface area contributed by atoms with Crippen LogP contribution in [0, 0.1) is 19.8 Å². The molecule has 132 valence electrons. The van der Waals surface area contributed by atoms with Gasteiger partial charge in [0.15, 0.2) is 0 Å². The molecule has 2 aromatic heterocycles. The molecule has 1 fully saturated rings. The van der Waals surface area contributed by atoms with Gasteiger partial charge in [0.2, 0.25) is 11.9 Å². The predicted molar refractivity (Wildman–Crippen MR) is 90.8 cm³/mol. The van der Waals surface area contributed by atoms with E-state index in [1.165, 1.54) is 0 Å². The van der Waals surface area contributed by atoms with Crippen molar-refractivity contribution in [3.8, 4) is 0 Å². The van der Waals surface area contributed by atoms with Gasteiger partial charge in [-0.1, -0.05) is 0 Å². The molecule has 1 unspecified atom stereocenters. The highest BCUT2D eigenvalue weighted by atomic mass is 16.3. The van der Waals surface area contributed by atoms with E-state index in [2.05, 4.69) is 20.8 Å². The number of nitrogens with zero attached hydrogens (tertiary/aromatic N) is 3. The smallest absolute Gasteiger partial charge is 0.273 e. The Bertz CT molecular complexity index is 759. The Kier molecular flexibility index (Phi) is 4.97. The normalized spacial score (nSPS) is 17.2. The van der Waals surface area contributed by atoms with E-state index in [9.17, 15) is 9.59 Å². The number of nitrogens with one attached hydrogen (secondary N) is 2. The van der Waals surface area contributed by atoms with Crippen LogP contribution in [0.2, 0.25) is 0 Å². The molecule has 1 aliphatic heterocycles. The summed E-state index contributed by atoms with van der Waals surface area (Å²) < 4.78 is 5.33. The number of amides is 2. The molecule has 1 saturated heterocycles. The fourth-order valence-corrected chi connectivity index (χ4v) is 2.97. The van der Waals surface area contributed by atoms with Crippen LogP contribution in [-0.2, 0) is 4.79 Å². The zero-order valence-corrected chi connectivity index (χ0v) is 14.3. The summed E-state index contributed by atoms with van der Waals surface area (Å²) in [6.07, 6.45) is 4.99. The van der Waals surface area contributed by atoms with Crippen molar-refractivity contribution in [1.82, 2.24) is 20.8 Å². The Hall–Kier alpha value is -2.90. The van der Waals surface area contributed by atoms with Crippen molar-refractivity contribution in [2.75, 3.05) is 18.0 Å². The van der Waals surface area contributed by atoms with Crippen molar-refractivity contribution in [2.45, 2.75) is 26.7 Å². The van der Waals surface area contributed by atoms with Gasteiger partial charge in [-0.05, 0) is 38.8 Å². The zero-order valence-electron chi connectivity index (χ0n) is 14.3. The number of aromatic nitrogens is 2. The van der Waals surface area contributed by atoms with E-state index in [0.717, 1.165) is 19.4 Å². The first-order valence-electron chi connectivity index (χ1n) is 8.24. The summed E-state index contributed by atoms with van der Waals surface area (Å²) in [5, 5.41) is 0. The first-order valence-corrected chi connectivity index (χ1v) is 8.24. The number of hydrazine groups is 1. The van der Waals surface area contributed by atoms with Gasteiger partial charge in [0.05, 0.1) is 11.5 Å². The van der Waals surface area contributed by atoms with E-state index in [0.29, 0.717) is 29.6 Å². The van der Waals surface area contributed by atoms with Crippen LogP contribution in [0.15, 0.2) is 28.9 Å². The minimum absolute atomic E-state index is 0.216. The summed E-state index contributed by atoms with van der Waals surface area (Å²) in [5.74, 6) is 0.959. The number of hydrogen-bond donors (Lipinski definition) is 2. The van der Waals surface area contributed by atoms with Crippen LogP contribution in [0.4, 0.5) is 5.95 Å². The van der Waals surface area contributed by atoms with Crippen molar-refractivity contribution < 1.29 is 14.0 Å². The minimum atomic E-state index is -0.387. The molecule has 8 heteroatoms. The molecule has 3 heterocycles. The zero-order chi connectivity index (χ0) is 17.8. The molecule has 2 aromatic rings. The number of furan rings is 1. The van der Waals surface area contributed by atoms with Crippen molar-refractivity contribution in [3.05, 3.63) is 41.6 Å². The summed E-state index contributed by atoms with van der Waals surface area (Å²) >= 11 is 0. The molecule has 0 radical (unpaired) electrons. The average molecular weight is 343 g/mol. The highest BCUT2D eigenvalue weighted by molar-refractivity contribution is 5.96. The molecule has 3 rings (SSSR count). The number of carbonyl (C=O) groups excluding carboxylic acids is 2. The van der Waals surface area contributed by atoms with Gasteiger partial charge in [-0.2, -0.15) is 0 Å². The van der Waals surface area contributed by atoms with Crippen molar-refractivity contribution in [3.63, 3.8) is 0 Å². The lowest BCUT2D eigenvalue weighted by Gasteiger charge is -2.31. The Morgan fingerprint density at radius 1 is 1.24 bits per heavy atom. The Labute approximate surface area is 145 Å². The van der Waals surface area contributed by atoms with E-state index in [4.69, 9.17) is 4.42 Å². The van der Waals surface area contributed by atoms with Crippen molar-refractivity contribution in [1.29, 1.82) is 0 Å². The summed E-state index contributed by atoms with van der Waals surface area (Å²) in [5.41, 5.74) is 5.39. The second kappa shape index (κ2) is 7.33. The molecule has 0 aliphatic carbocycles. The van der Waals surface area contributed by atoms with Gasteiger partial charge >= 0.3 is 0 Å². The topological polar surface area (TPSA) is 100 Å². The first kappa shape index (κ1) is 16.9. The Morgan fingerprint density at radius 2 is 2.00 bits per heavy atom. The molecule has 0 spiro atoms. The molecule has 0 bridgehead atoms. The number of carbonyl (C=O) groups is 2. The van der Waals surface area contributed by atoms with Crippen molar-refractivity contribution in [2.24, 2.45) is 5.92 Å². The summed E-state index contributed by atoms with van der Waals surface area (Å²) in [4.78, 5) is 35.0. The monoisotopic (exact) mass is 343 g/mol. The van der Waals surface area contributed by atoms with Gasteiger partial charge in [-0.25, -0.2) is 9.97 Å². The van der Waals surface area contributed by atoms with Crippen LogP contribution >= 0.6 is 0 Å². The summed E-state index contributed by atoms with van der Waals surface area (Å²) in [7, 11) is 0. The predicted octanol–water partition coefficient (Wildman–Crippen LogP) is 1.36. The maximum atomic E-state index is 12.4. The van der Waals surface area contributed by atoms with Crippen LogP contribution < -0.4 is 15.8 Å². The highest BCUT2D eigenvalue weighted by Crippen LogP contribution is 2.20. The van der Waals surface area contributed by atoms with Crippen LogP contribution in [-0.4, -0.2) is 34.9 Å². The highest BCUT2D eigenvalue weighted by Gasteiger charge is 2.27. The van der Waals surface area contributed by atoms with Crippen LogP contribution in [0.25, 0.3) is 0 Å². The van der Waals surface area contributed by atoms with Crippen molar-refractivity contribution >= 4 is 17.8 Å². The van der Waals surface area contributed by atoms with Gasteiger partial charge in [0.1, 0.15) is 11.5 Å². The lowest BCUT2D eigenvalue weighted by Crippen LogP contribution is -2.49. The van der Waals surface area contributed by atoms with Gasteiger partial charge in [-0.3, -0.25) is 20.4 Å². The minimum Gasteiger partial charge on any atom is -0.466 e. The number of anilines is 1. The SMILES string of the molecule is Cc1cc(C(=O)NNC(=O)C2CCCN(c3ncccn3)C2)c(C)o1. The second-order valence-corrected chi connectivity index (χ2v) is 6.10. The number of rotatable bonds is 3. The molecule has 0 saturated carbocycles. The largest absolute Gasteiger partial charge is 0.466 e. The third-order valence-corrected chi connectivity index (χ3v) is 4.21. The maximum absolute atomic E-state index is 12.4. The van der Waals surface area contributed by atoms with E-state index in [-0.39, 0.29) is 17.7 Å². The Balaban J connectivity index is 1.56. The molecule has 2 amide bonds. The summed E-state index contributed by atoms with van der Waals surface area (Å²) in [6.45, 7) is 4.82. The second-order valence-electron chi connectivity index (χ2n) is 6.10. The lowest BCUT2D eigenvalue weighted by molar-refractivity contribution is -0.126. The Morgan fingerprint density at radius 3 is 2.68 bits per heavy atom. The summed E-state index contributed by atoms with van der Waals surface area (Å²) in [6, 6.07) is 3.40. The number of aryl methyl sites for hydroxylation is 2. The number of hydrogen-bond acceptors (Lipinski definition) is 6. The molecule has 8 nitrogen and oxygen atoms in total. The van der Waals surface area contributed by atoms with Gasteiger partial charge < -0.3 is 9.32 Å². The maximum Gasteiger partial charge on any atom is 0.273 e. The molecule has 1 aliphatic rings. The van der Waals surface area contributed by atoms with E-state index in [1.54, 1.807) is 38.4 Å². The molecular weight excluding hydrogens is 322 g/mol.